The van der Waals surface area contributed by atoms with Gasteiger partial charge in [-0.05, 0) is 29.0 Å². The highest BCUT2D eigenvalue weighted by molar-refractivity contribution is 5.42. The molecule has 0 spiro atoms. The Labute approximate surface area is 131 Å². The van der Waals surface area contributed by atoms with Gasteiger partial charge in [-0.2, -0.15) is 0 Å². The number of aromatic nitrogens is 4. The molecule has 2 atom stereocenters. The first-order valence-corrected chi connectivity index (χ1v) is 7.31. The summed E-state index contributed by atoms with van der Waals surface area (Å²) in [6, 6.07) is 13.1. The molecule has 1 aromatic heterocycles. The van der Waals surface area contributed by atoms with Crippen LogP contribution < -0.4 is 5.32 Å². The number of fused-ring (bicyclic) bond motifs is 1. The lowest BCUT2D eigenvalue weighted by molar-refractivity contribution is 0.398. The Morgan fingerprint density at radius 2 is 1.83 bits per heavy atom. The molecule has 0 aliphatic carbocycles. The van der Waals surface area contributed by atoms with Crippen LogP contribution in [0.1, 0.15) is 29.6 Å². The van der Waals surface area contributed by atoms with E-state index in [-0.39, 0.29) is 23.7 Å². The molecule has 0 radical (unpaired) electrons. The van der Waals surface area contributed by atoms with E-state index in [0.717, 1.165) is 5.56 Å². The van der Waals surface area contributed by atoms with E-state index in [1.165, 1.54) is 6.07 Å². The molecule has 1 aliphatic rings. The zero-order valence-corrected chi connectivity index (χ0v) is 12.1. The fourth-order valence-electron chi connectivity index (χ4n) is 3.03. The van der Waals surface area contributed by atoms with Gasteiger partial charge in [-0.3, -0.25) is 0 Å². The number of nitrogens with zero attached hydrogens (tertiary/aromatic N) is 4. The molecule has 0 unspecified atom stereocenters. The zero-order chi connectivity index (χ0) is 15.8. The van der Waals surface area contributed by atoms with Crippen molar-refractivity contribution in [1.29, 1.82) is 0 Å². The number of benzene rings is 2. The van der Waals surface area contributed by atoms with E-state index in [1.54, 1.807) is 35.0 Å². The maximum atomic E-state index is 14.2. The smallest absolute Gasteiger partial charge is 0.244 e. The molecule has 116 valence electrons. The number of hydrogen-bond acceptors (Lipinski definition) is 5. The van der Waals surface area contributed by atoms with E-state index < -0.39 is 0 Å². The van der Waals surface area contributed by atoms with Crippen molar-refractivity contribution in [2.24, 2.45) is 0 Å². The van der Waals surface area contributed by atoms with Crippen molar-refractivity contribution < 1.29 is 9.50 Å². The van der Waals surface area contributed by atoms with Gasteiger partial charge in [0.05, 0.1) is 12.1 Å². The van der Waals surface area contributed by atoms with Crippen LogP contribution in [0.5, 0.6) is 5.75 Å². The van der Waals surface area contributed by atoms with Gasteiger partial charge in [0, 0.05) is 11.1 Å². The van der Waals surface area contributed by atoms with Crippen LogP contribution >= 0.6 is 0 Å². The summed E-state index contributed by atoms with van der Waals surface area (Å²) in [6.45, 7) is 0. The number of para-hydroxylation sites is 1. The number of aromatic hydroxyl groups is 1. The molecule has 2 N–H and O–H groups in total. The van der Waals surface area contributed by atoms with Crippen molar-refractivity contribution >= 4 is 5.95 Å². The number of hydrogen-bond donors (Lipinski definition) is 2. The van der Waals surface area contributed by atoms with Crippen molar-refractivity contribution in [3.63, 3.8) is 0 Å². The SMILES string of the molecule is Oc1ccccc1[C@H]1C[C@H](c2ccccc2F)n2nnnc2N1. The predicted octanol–water partition coefficient (Wildman–Crippen LogP) is 2.66. The van der Waals surface area contributed by atoms with Gasteiger partial charge in [0.15, 0.2) is 0 Å². The molecule has 0 amide bonds. The van der Waals surface area contributed by atoms with Crippen LogP contribution in [-0.4, -0.2) is 25.3 Å². The number of tetrazole rings is 1. The molecule has 0 saturated carbocycles. The Kier molecular flexibility index (Phi) is 3.18. The molecular formula is C16H14FN5O. The summed E-state index contributed by atoms with van der Waals surface area (Å²) in [6.07, 6.45) is 0.524. The minimum atomic E-state index is -0.341. The molecule has 7 heteroatoms. The second-order valence-corrected chi connectivity index (χ2v) is 5.48. The third kappa shape index (κ3) is 2.30. The summed E-state index contributed by atoms with van der Waals surface area (Å²) >= 11 is 0. The number of phenols is 1. The molecule has 0 bridgehead atoms. The first-order valence-electron chi connectivity index (χ1n) is 7.31. The lowest BCUT2D eigenvalue weighted by atomic mass is 9.92. The number of rotatable bonds is 2. The van der Waals surface area contributed by atoms with E-state index in [9.17, 15) is 9.50 Å². The summed E-state index contributed by atoms with van der Waals surface area (Å²) in [7, 11) is 0. The average Bonchev–Trinajstić information content (AvgIpc) is 3.03. The number of phenolic OH excluding ortho intramolecular Hbond substituents is 1. The summed E-state index contributed by atoms with van der Waals surface area (Å²) in [5.41, 5.74) is 1.27. The van der Waals surface area contributed by atoms with E-state index in [0.29, 0.717) is 17.9 Å². The second-order valence-electron chi connectivity index (χ2n) is 5.48. The third-order valence-corrected chi connectivity index (χ3v) is 4.13. The van der Waals surface area contributed by atoms with Gasteiger partial charge >= 0.3 is 0 Å². The molecule has 3 aromatic rings. The molecule has 6 nitrogen and oxygen atoms in total. The molecule has 2 heterocycles. The Morgan fingerprint density at radius 3 is 2.61 bits per heavy atom. The quantitative estimate of drug-likeness (QED) is 0.761. The molecule has 2 aromatic carbocycles. The van der Waals surface area contributed by atoms with Crippen LogP contribution in [0.4, 0.5) is 10.3 Å². The van der Waals surface area contributed by atoms with Crippen LogP contribution in [0.3, 0.4) is 0 Å². The number of anilines is 1. The standard InChI is InChI=1S/C16H14FN5O/c17-12-7-3-1-5-10(12)14-9-13(11-6-2-4-8-15(11)23)18-16-19-20-21-22(14)16/h1-8,13-14,23H,9H2,(H,18,19,21)/t13-,14-/m1/s1. The molecule has 0 saturated heterocycles. The number of halogens is 1. The largest absolute Gasteiger partial charge is 0.508 e. The van der Waals surface area contributed by atoms with Crippen LogP contribution in [0, 0.1) is 5.82 Å². The maximum absolute atomic E-state index is 14.2. The maximum Gasteiger partial charge on any atom is 0.244 e. The van der Waals surface area contributed by atoms with Crippen LogP contribution in [-0.2, 0) is 0 Å². The van der Waals surface area contributed by atoms with Crippen LogP contribution in [0.25, 0.3) is 0 Å². The minimum Gasteiger partial charge on any atom is -0.508 e. The molecule has 23 heavy (non-hydrogen) atoms. The van der Waals surface area contributed by atoms with E-state index in [1.807, 2.05) is 12.1 Å². The van der Waals surface area contributed by atoms with Gasteiger partial charge in [0.1, 0.15) is 11.6 Å². The van der Waals surface area contributed by atoms with Gasteiger partial charge in [0.25, 0.3) is 0 Å². The Balaban J connectivity index is 1.79. The third-order valence-electron chi connectivity index (χ3n) is 4.13. The summed E-state index contributed by atoms with van der Waals surface area (Å²) in [5.74, 6) is 0.354. The Hall–Kier alpha value is -2.96. The van der Waals surface area contributed by atoms with Gasteiger partial charge in [-0.15, -0.1) is 0 Å². The minimum absolute atomic E-state index is 0.193. The summed E-state index contributed by atoms with van der Waals surface area (Å²) < 4.78 is 15.8. The van der Waals surface area contributed by atoms with Gasteiger partial charge < -0.3 is 10.4 Å². The van der Waals surface area contributed by atoms with E-state index in [2.05, 4.69) is 20.8 Å². The summed E-state index contributed by atoms with van der Waals surface area (Å²) in [4.78, 5) is 0. The van der Waals surface area contributed by atoms with Crippen molar-refractivity contribution in [2.45, 2.75) is 18.5 Å². The Bertz CT molecular complexity index is 850. The highest BCUT2D eigenvalue weighted by Gasteiger charge is 2.32. The van der Waals surface area contributed by atoms with Gasteiger partial charge in [-0.1, -0.05) is 41.5 Å². The Morgan fingerprint density at radius 1 is 1.09 bits per heavy atom. The first-order chi connectivity index (χ1) is 11.2. The lowest BCUT2D eigenvalue weighted by Gasteiger charge is -2.31. The van der Waals surface area contributed by atoms with E-state index >= 15 is 0 Å². The van der Waals surface area contributed by atoms with Crippen LogP contribution in [0.2, 0.25) is 0 Å². The highest BCUT2D eigenvalue weighted by atomic mass is 19.1. The van der Waals surface area contributed by atoms with Crippen molar-refractivity contribution in [3.05, 3.63) is 65.5 Å². The van der Waals surface area contributed by atoms with E-state index in [4.69, 9.17) is 0 Å². The lowest BCUT2D eigenvalue weighted by Crippen LogP contribution is -2.28. The highest BCUT2D eigenvalue weighted by Crippen LogP contribution is 2.39. The van der Waals surface area contributed by atoms with Crippen molar-refractivity contribution in [3.8, 4) is 5.75 Å². The molecule has 0 fully saturated rings. The first kappa shape index (κ1) is 13.7. The van der Waals surface area contributed by atoms with Crippen molar-refractivity contribution in [1.82, 2.24) is 20.2 Å². The average molecular weight is 311 g/mol. The molecule has 1 aliphatic heterocycles. The molecular weight excluding hydrogens is 297 g/mol. The van der Waals surface area contributed by atoms with Crippen molar-refractivity contribution in [2.75, 3.05) is 5.32 Å². The topological polar surface area (TPSA) is 75.9 Å². The monoisotopic (exact) mass is 311 g/mol. The number of nitrogens with one attached hydrogen (secondary N) is 1. The van der Waals surface area contributed by atoms with Gasteiger partial charge in [0.2, 0.25) is 5.95 Å². The van der Waals surface area contributed by atoms with Gasteiger partial charge in [-0.25, -0.2) is 9.07 Å². The summed E-state index contributed by atoms with van der Waals surface area (Å²) in [5, 5.41) is 24.9. The fourth-order valence-corrected chi connectivity index (χ4v) is 3.03. The fraction of sp³-hybridized carbons (Fsp3) is 0.188. The predicted molar refractivity (Wildman–Crippen MR) is 81.4 cm³/mol. The van der Waals surface area contributed by atoms with Crippen LogP contribution in [0.15, 0.2) is 48.5 Å². The normalized spacial score (nSPS) is 19.9. The second kappa shape index (κ2) is 5.35. The molecule has 4 rings (SSSR count). The zero-order valence-electron chi connectivity index (χ0n) is 12.1.